The van der Waals surface area contributed by atoms with Gasteiger partial charge in [0.2, 0.25) is 0 Å². The molecule has 1 aromatic carbocycles. The highest BCUT2D eigenvalue weighted by atomic mass is 35.5. The van der Waals surface area contributed by atoms with E-state index in [9.17, 15) is 10.1 Å². The molecular formula is C14H8ClN3O3. The van der Waals surface area contributed by atoms with Crippen molar-refractivity contribution in [3.05, 3.63) is 63.9 Å². The van der Waals surface area contributed by atoms with Gasteiger partial charge >= 0.3 is 11.6 Å². The van der Waals surface area contributed by atoms with Gasteiger partial charge in [-0.1, -0.05) is 17.7 Å². The molecule has 3 aromatic rings. The molecule has 7 heteroatoms. The molecule has 0 saturated carbocycles. The van der Waals surface area contributed by atoms with Crippen LogP contribution in [-0.4, -0.2) is 14.9 Å². The summed E-state index contributed by atoms with van der Waals surface area (Å²) in [6.45, 7) is 0. The molecule has 0 N–H and O–H groups in total. The average molecular weight is 302 g/mol. The van der Waals surface area contributed by atoms with Gasteiger partial charge < -0.3 is 4.74 Å². The number of fused-ring (bicyclic) bond motifs is 1. The van der Waals surface area contributed by atoms with Crippen LogP contribution >= 0.6 is 11.6 Å². The van der Waals surface area contributed by atoms with E-state index in [4.69, 9.17) is 16.3 Å². The van der Waals surface area contributed by atoms with Crippen molar-refractivity contribution in [1.29, 1.82) is 0 Å². The van der Waals surface area contributed by atoms with E-state index in [0.717, 1.165) is 10.9 Å². The predicted molar refractivity (Wildman–Crippen MR) is 77.7 cm³/mol. The fraction of sp³-hybridized carbons (Fsp3) is 0. The second kappa shape index (κ2) is 5.34. The van der Waals surface area contributed by atoms with Gasteiger partial charge in [-0.2, -0.15) is 4.98 Å². The van der Waals surface area contributed by atoms with Gasteiger partial charge in [-0.3, -0.25) is 15.1 Å². The Morgan fingerprint density at radius 1 is 1.14 bits per heavy atom. The van der Waals surface area contributed by atoms with Crippen LogP contribution in [0.5, 0.6) is 11.6 Å². The highest BCUT2D eigenvalue weighted by Gasteiger charge is 2.19. The number of aromatic nitrogens is 2. The summed E-state index contributed by atoms with van der Waals surface area (Å²) in [5.74, 6) is 0.280. The average Bonchev–Trinajstić information content (AvgIpc) is 2.47. The molecule has 104 valence electrons. The van der Waals surface area contributed by atoms with E-state index < -0.39 is 4.92 Å². The first-order valence-corrected chi connectivity index (χ1v) is 6.35. The lowest BCUT2D eigenvalue weighted by Crippen LogP contribution is -1.96. The molecule has 0 saturated heterocycles. The van der Waals surface area contributed by atoms with Crippen LogP contribution in [-0.2, 0) is 0 Å². The van der Waals surface area contributed by atoms with Gasteiger partial charge in [0.15, 0.2) is 0 Å². The van der Waals surface area contributed by atoms with Gasteiger partial charge in [0.1, 0.15) is 10.9 Å². The maximum absolute atomic E-state index is 11.0. The summed E-state index contributed by atoms with van der Waals surface area (Å²) in [5.41, 5.74) is 0.472. The molecule has 0 aliphatic carbocycles. The van der Waals surface area contributed by atoms with Crippen molar-refractivity contribution in [2.45, 2.75) is 0 Å². The Balaban J connectivity index is 2.11. The summed E-state index contributed by atoms with van der Waals surface area (Å²) in [5, 5.41) is 11.9. The lowest BCUT2D eigenvalue weighted by atomic mass is 10.2. The molecule has 0 atom stereocenters. The molecular weight excluding hydrogens is 294 g/mol. The molecule has 0 radical (unpaired) electrons. The molecule has 0 fully saturated rings. The Kier molecular flexibility index (Phi) is 3.37. The molecule has 21 heavy (non-hydrogen) atoms. The summed E-state index contributed by atoms with van der Waals surface area (Å²) < 4.78 is 5.59. The zero-order valence-corrected chi connectivity index (χ0v) is 11.3. The lowest BCUT2D eigenvalue weighted by molar-refractivity contribution is -0.386. The molecule has 0 amide bonds. The van der Waals surface area contributed by atoms with Crippen molar-refractivity contribution < 1.29 is 9.66 Å². The summed E-state index contributed by atoms with van der Waals surface area (Å²) >= 11 is 5.78. The maximum atomic E-state index is 11.0. The topological polar surface area (TPSA) is 78.2 Å². The van der Waals surface area contributed by atoms with Gasteiger partial charge in [0.25, 0.3) is 0 Å². The van der Waals surface area contributed by atoms with Crippen LogP contribution in [0.3, 0.4) is 0 Å². The lowest BCUT2D eigenvalue weighted by Gasteiger charge is -2.08. The fourth-order valence-corrected chi connectivity index (χ4v) is 2.03. The maximum Gasteiger partial charge on any atom is 0.331 e. The zero-order valence-electron chi connectivity index (χ0n) is 10.6. The first-order valence-electron chi connectivity index (χ1n) is 5.98. The number of hydrogen-bond acceptors (Lipinski definition) is 5. The molecule has 2 aromatic heterocycles. The smallest absolute Gasteiger partial charge is 0.331 e. The predicted octanol–water partition coefficient (Wildman–Crippen LogP) is 3.98. The van der Waals surface area contributed by atoms with Crippen LogP contribution in [0.25, 0.3) is 10.9 Å². The zero-order chi connectivity index (χ0) is 14.8. The van der Waals surface area contributed by atoms with Crippen LogP contribution in [0.2, 0.25) is 5.15 Å². The number of benzene rings is 1. The minimum Gasteiger partial charge on any atom is -0.433 e. The second-order valence-corrected chi connectivity index (χ2v) is 4.53. The van der Waals surface area contributed by atoms with Gasteiger partial charge in [-0.25, -0.2) is 0 Å². The first kappa shape index (κ1) is 13.3. The number of pyridine rings is 2. The minimum atomic E-state index is -0.567. The van der Waals surface area contributed by atoms with E-state index in [1.54, 1.807) is 24.4 Å². The molecule has 0 aliphatic rings. The summed E-state index contributed by atoms with van der Waals surface area (Å²) in [4.78, 5) is 18.5. The third-order valence-electron chi connectivity index (χ3n) is 2.82. The molecule has 2 heterocycles. The Bertz CT molecular complexity index is 833. The Morgan fingerprint density at radius 3 is 2.81 bits per heavy atom. The third-order valence-corrected chi connectivity index (χ3v) is 3.03. The number of rotatable bonds is 3. The largest absolute Gasteiger partial charge is 0.433 e. The first-order chi connectivity index (χ1) is 10.1. The molecule has 0 spiro atoms. The highest BCUT2D eigenvalue weighted by Crippen LogP contribution is 2.33. The van der Waals surface area contributed by atoms with E-state index in [1.807, 2.05) is 12.1 Å². The van der Waals surface area contributed by atoms with E-state index >= 15 is 0 Å². The third kappa shape index (κ3) is 2.61. The number of hydrogen-bond donors (Lipinski definition) is 0. The summed E-state index contributed by atoms with van der Waals surface area (Å²) in [7, 11) is 0. The van der Waals surface area contributed by atoms with Crippen LogP contribution in [0.4, 0.5) is 5.69 Å². The van der Waals surface area contributed by atoms with Crippen LogP contribution in [0, 0.1) is 10.1 Å². The molecule has 6 nitrogen and oxygen atoms in total. The van der Waals surface area contributed by atoms with Crippen molar-refractivity contribution in [2.75, 3.05) is 0 Å². The van der Waals surface area contributed by atoms with Crippen molar-refractivity contribution in [3.8, 4) is 11.6 Å². The number of nitro groups is 1. The normalized spacial score (nSPS) is 10.5. The van der Waals surface area contributed by atoms with Gasteiger partial charge in [0.05, 0.1) is 10.4 Å². The van der Waals surface area contributed by atoms with Gasteiger partial charge in [-0.05, 0) is 30.3 Å². The highest BCUT2D eigenvalue weighted by molar-refractivity contribution is 6.29. The Labute approximate surface area is 124 Å². The number of nitrogens with zero attached hydrogens (tertiary/aromatic N) is 3. The van der Waals surface area contributed by atoms with E-state index in [2.05, 4.69) is 9.97 Å². The molecule has 3 rings (SSSR count). The van der Waals surface area contributed by atoms with Crippen molar-refractivity contribution in [2.24, 2.45) is 0 Å². The van der Waals surface area contributed by atoms with Crippen molar-refractivity contribution in [3.63, 3.8) is 0 Å². The second-order valence-electron chi connectivity index (χ2n) is 4.14. The molecule has 0 bridgehead atoms. The van der Waals surface area contributed by atoms with Crippen LogP contribution < -0.4 is 4.74 Å². The summed E-state index contributed by atoms with van der Waals surface area (Å²) in [6.07, 6.45) is 1.66. The SMILES string of the molecule is O=[N+]([O-])c1ccc(Cl)nc1Oc1cccc2ncccc12. The fourth-order valence-electron chi connectivity index (χ4n) is 1.89. The summed E-state index contributed by atoms with van der Waals surface area (Å²) in [6, 6.07) is 11.4. The Morgan fingerprint density at radius 2 is 2.00 bits per heavy atom. The van der Waals surface area contributed by atoms with Crippen LogP contribution in [0.15, 0.2) is 48.7 Å². The molecule has 0 unspecified atom stereocenters. The van der Waals surface area contributed by atoms with E-state index in [1.165, 1.54) is 12.1 Å². The molecule has 0 aliphatic heterocycles. The van der Waals surface area contributed by atoms with E-state index in [-0.39, 0.29) is 16.7 Å². The van der Waals surface area contributed by atoms with Crippen molar-refractivity contribution in [1.82, 2.24) is 9.97 Å². The minimum absolute atomic E-state index is 0.119. The van der Waals surface area contributed by atoms with E-state index in [0.29, 0.717) is 5.75 Å². The monoisotopic (exact) mass is 301 g/mol. The van der Waals surface area contributed by atoms with Crippen LogP contribution in [0.1, 0.15) is 0 Å². The number of halogens is 1. The quantitative estimate of drug-likeness (QED) is 0.415. The van der Waals surface area contributed by atoms with Gasteiger partial charge in [-0.15, -0.1) is 0 Å². The number of ether oxygens (including phenoxy) is 1. The van der Waals surface area contributed by atoms with Crippen molar-refractivity contribution >= 4 is 28.2 Å². The standard InChI is InChI=1S/C14H8ClN3O3/c15-13-7-6-11(18(19)20)14(17-13)21-12-5-1-4-10-9(12)3-2-8-16-10/h1-8H. The Hall–Kier alpha value is -2.73. The van der Waals surface area contributed by atoms with Gasteiger partial charge in [0, 0.05) is 17.6 Å².